The highest BCUT2D eigenvalue weighted by atomic mass is 32.9. The number of hydrogen-bond donors (Lipinski definition) is 1. The smallest absolute Gasteiger partial charge is 0.311 e. The molecule has 0 aliphatic rings. The normalized spacial score (nSPS) is 13.9. The van der Waals surface area contributed by atoms with Gasteiger partial charge in [0.05, 0.1) is 16.1 Å². The summed E-state index contributed by atoms with van der Waals surface area (Å²) in [5.41, 5.74) is 1.02. The van der Waals surface area contributed by atoms with Crippen molar-refractivity contribution in [3.63, 3.8) is 0 Å². The average Bonchev–Trinajstić information content (AvgIpc) is 2.25. The second kappa shape index (κ2) is 5.59. The Morgan fingerprint density at radius 2 is 1.94 bits per heavy atom. The third-order valence-electron chi connectivity index (χ3n) is 2.46. The monoisotopic (exact) mass is 291 g/mol. The number of nitro groups is 1. The Morgan fingerprint density at radius 1 is 1.39 bits per heavy atom. The lowest BCUT2D eigenvalue weighted by atomic mass is 10.00. The molecule has 1 N–H and O–H groups in total. The molecule has 0 spiro atoms. The van der Waals surface area contributed by atoms with E-state index in [0.29, 0.717) is 24.0 Å². The summed E-state index contributed by atoms with van der Waals surface area (Å²) < 4.78 is 24.9. The average molecular weight is 291 g/mol. The minimum absolute atomic E-state index is 0.0180. The maximum absolute atomic E-state index is 11.1. The SMILES string of the molecule is CCc1c(OS(=O)(O)=S)ccc([N+](=O)[O-])c1CC. The van der Waals surface area contributed by atoms with Crippen LogP contribution in [0.2, 0.25) is 0 Å². The van der Waals surface area contributed by atoms with Crippen LogP contribution in [0.1, 0.15) is 25.0 Å². The van der Waals surface area contributed by atoms with Crippen molar-refractivity contribution in [2.24, 2.45) is 0 Å². The van der Waals surface area contributed by atoms with Crippen molar-refractivity contribution in [3.05, 3.63) is 33.4 Å². The van der Waals surface area contributed by atoms with Gasteiger partial charge in [0.15, 0.2) is 0 Å². The van der Waals surface area contributed by atoms with Gasteiger partial charge in [-0.3, -0.25) is 14.7 Å². The molecule has 0 aromatic heterocycles. The van der Waals surface area contributed by atoms with Crippen LogP contribution in [-0.4, -0.2) is 13.7 Å². The molecule has 0 bridgehead atoms. The standard InChI is InChI=1S/C10H13NO5S2/c1-3-7-8(4-2)10(16-18(14,15)17)6-5-9(7)11(12)13/h5-6H,3-4H2,1-2H3,(H,14,15,17). The summed E-state index contributed by atoms with van der Waals surface area (Å²) in [6.45, 7) is 3.56. The number of benzene rings is 1. The fourth-order valence-corrected chi connectivity index (χ4v) is 2.41. The summed E-state index contributed by atoms with van der Waals surface area (Å²) in [6, 6.07) is 2.56. The molecule has 1 aromatic rings. The summed E-state index contributed by atoms with van der Waals surface area (Å²) in [5.74, 6) is 0.127. The van der Waals surface area contributed by atoms with Gasteiger partial charge in [0.1, 0.15) is 5.75 Å². The molecule has 1 aromatic carbocycles. The van der Waals surface area contributed by atoms with Crippen LogP contribution in [0, 0.1) is 10.1 Å². The minimum atomic E-state index is -3.80. The molecule has 0 aliphatic heterocycles. The molecule has 8 heteroatoms. The van der Waals surface area contributed by atoms with Crippen LogP contribution in [0.3, 0.4) is 0 Å². The Labute approximate surface area is 110 Å². The largest absolute Gasteiger partial charge is 0.381 e. The second-order valence-corrected chi connectivity index (χ2v) is 5.80. The predicted octanol–water partition coefficient (Wildman–Crippen LogP) is 2.23. The maximum Gasteiger partial charge on any atom is 0.311 e. The number of nitrogens with zero attached hydrogens (tertiary/aromatic N) is 1. The van der Waals surface area contributed by atoms with E-state index in [0.717, 1.165) is 0 Å². The number of hydrogen-bond acceptors (Lipinski definition) is 5. The fourth-order valence-electron chi connectivity index (χ4n) is 1.80. The number of nitro benzene ring substituents is 1. The van der Waals surface area contributed by atoms with Gasteiger partial charge in [0, 0.05) is 17.2 Å². The molecule has 0 radical (unpaired) electrons. The van der Waals surface area contributed by atoms with E-state index in [1.165, 1.54) is 12.1 Å². The van der Waals surface area contributed by atoms with Crippen LogP contribution < -0.4 is 4.18 Å². The van der Waals surface area contributed by atoms with Gasteiger partial charge in [0.25, 0.3) is 5.69 Å². The lowest BCUT2D eigenvalue weighted by Crippen LogP contribution is -2.09. The predicted molar refractivity (Wildman–Crippen MR) is 70.6 cm³/mol. The molecule has 0 saturated carbocycles. The first-order chi connectivity index (χ1) is 8.30. The summed E-state index contributed by atoms with van der Waals surface area (Å²) in [4.78, 5) is 10.4. The Morgan fingerprint density at radius 3 is 2.33 bits per heavy atom. The molecular formula is C10H13NO5S2. The van der Waals surface area contributed by atoms with Crippen molar-refractivity contribution in [1.82, 2.24) is 0 Å². The van der Waals surface area contributed by atoms with Gasteiger partial charge >= 0.3 is 9.05 Å². The van der Waals surface area contributed by atoms with Crippen LogP contribution in [0.5, 0.6) is 5.75 Å². The molecule has 18 heavy (non-hydrogen) atoms. The van der Waals surface area contributed by atoms with E-state index in [4.69, 9.17) is 8.74 Å². The second-order valence-electron chi connectivity index (χ2n) is 3.52. The third kappa shape index (κ3) is 3.37. The highest BCUT2D eigenvalue weighted by Crippen LogP contribution is 2.32. The summed E-state index contributed by atoms with van der Waals surface area (Å²) in [5, 5.41) is 10.9. The first-order valence-electron chi connectivity index (χ1n) is 5.26. The molecule has 0 aliphatic carbocycles. The molecule has 0 saturated heterocycles. The Kier molecular flexibility index (Phi) is 4.60. The zero-order valence-electron chi connectivity index (χ0n) is 9.91. The Bertz CT molecular complexity index is 568. The Balaban J connectivity index is 3.44. The molecule has 1 unspecified atom stereocenters. The minimum Gasteiger partial charge on any atom is -0.381 e. The molecule has 0 amide bonds. The van der Waals surface area contributed by atoms with Crippen molar-refractivity contribution in [1.29, 1.82) is 0 Å². The molecule has 1 atom stereocenters. The van der Waals surface area contributed by atoms with Gasteiger partial charge in [-0.15, -0.1) is 0 Å². The first-order valence-corrected chi connectivity index (χ1v) is 7.62. The van der Waals surface area contributed by atoms with Crippen molar-refractivity contribution in [2.45, 2.75) is 26.7 Å². The zero-order valence-corrected chi connectivity index (χ0v) is 11.5. The Hall–Kier alpha value is -1.25. The van der Waals surface area contributed by atoms with Crippen LogP contribution in [0.25, 0.3) is 0 Å². The summed E-state index contributed by atoms with van der Waals surface area (Å²) >= 11 is 4.27. The van der Waals surface area contributed by atoms with Crippen molar-refractivity contribution in [3.8, 4) is 5.75 Å². The van der Waals surface area contributed by atoms with Crippen molar-refractivity contribution in [2.75, 3.05) is 0 Å². The fraction of sp³-hybridized carbons (Fsp3) is 0.400. The van der Waals surface area contributed by atoms with E-state index in [1.54, 1.807) is 13.8 Å². The van der Waals surface area contributed by atoms with Gasteiger partial charge in [-0.05, 0) is 18.9 Å². The van der Waals surface area contributed by atoms with Gasteiger partial charge < -0.3 is 4.18 Å². The van der Waals surface area contributed by atoms with Gasteiger partial charge in [0.2, 0.25) is 0 Å². The summed E-state index contributed by atoms with van der Waals surface area (Å²) in [6.07, 6.45) is 0.881. The van der Waals surface area contributed by atoms with Gasteiger partial charge in [-0.1, -0.05) is 13.8 Å². The number of rotatable bonds is 5. The molecule has 6 nitrogen and oxygen atoms in total. The third-order valence-corrected chi connectivity index (χ3v) is 3.06. The van der Waals surface area contributed by atoms with Crippen LogP contribution in [-0.2, 0) is 33.1 Å². The molecule has 0 fully saturated rings. The van der Waals surface area contributed by atoms with E-state index in [-0.39, 0.29) is 11.4 Å². The van der Waals surface area contributed by atoms with Crippen LogP contribution >= 0.6 is 0 Å². The maximum atomic E-state index is 11.1. The molecule has 1 rings (SSSR count). The van der Waals surface area contributed by atoms with Crippen molar-refractivity contribution >= 4 is 25.9 Å². The van der Waals surface area contributed by atoms with Crippen LogP contribution in [0.4, 0.5) is 5.69 Å². The van der Waals surface area contributed by atoms with Gasteiger partial charge in [-0.2, -0.15) is 4.21 Å². The highest BCUT2D eigenvalue weighted by molar-refractivity contribution is 8.27. The molecule has 0 heterocycles. The lowest BCUT2D eigenvalue weighted by Gasteiger charge is -2.12. The lowest BCUT2D eigenvalue weighted by molar-refractivity contribution is -0.385. The topological polar surface area (TPSA) is 89.7 Å². The quantitative estimate of drug-likeness (QED) is 0.661. The molecular weight excluding hydrogens is 278 g/mol. The zero-order chi connectivity index (χ0) is 13.9. The highest BCUT2D eigenvalue weighted by Gasteiger charge is 2.20. The van der Waals surface area contributed by atoms with Crippen LogP contribution in [0.15, 0.2) is 12.1 Å². The van der Waals surface area contributed by atoms with E-state index >= 15 is 0 Å². The molecule has 100 valence electrons. The van der Waals surface area contributed by atoms with Crippen molar-refractivity contribution < 1.29 is 17.9 Å². The van der Waals surface area contributed by atoms with Gasteiger partial charge in [-0.25, -0.2) is 0 Å². The van der Waals surface area contributed by atoms with E-state index in [1.807, 2.05) is 0 Å². The van der Waals surface area contributed by atoms with E-state index < -0.39 is 14.0 Å². The van der Waals surface area contributed by atoms with E-state index in [2.05, 4.69) is 11.2 Å². The summed E-state index contributed by atoms with van der Waals surface area (Å²) in [7, 11) is -3.80. The van der Waals surface area contributed by atoms with E-state index in [9.17, 15) is 14.3 Å². The first kappa shape index (κ1) is 14.8.